The van der Waals surface area contributed by atoms with Gasteiger partial charge >= 0.3 is 6.03 Å². The molecule has 1 aliphatic heterocycles. The van der Waals surface area contributed by atoms with Gasteiger partial charge in [-0.3, -0.25) is 4.79 Å². The van der Waals surface area contributed by atoms with Gasteiger partial charge in [0.05, 0.1) is 0 Å². The van der Waals surface area contributed by atoms with Gasteiger partial charge in [-0.05, 0) is 78.3 Å². The molecule has 1 aliphatic carbocycles. The molecule has 1 atom stereocenters. The van der Waals surface area contributed by atoms with Gasteiger partial charge in [-0.15, -0.1) is 5.10 Å². The molecule has 2 aliphatic rings. The van der Waals surface area contributed by atoms with E-state index >= 15 is 0 Å². The fraction of sp³-hybridized carbons (Fsp3) is 0.400. The average Bonchev–Trinajstić information content (AvgIpc) is 3.50. The molecule has 1 saturated carbocycles. The van der Waals surface area contributed by atoms with Crippen molar-refractivity contribution >= 4 is 17.6 Å². The number of aromatic nitrogens is 4. The largest absolute Gasteiger partial charge is 0.340 e. The lowest BCUT2D eigenvalue weighted by atomic mass is 9.91. The van der Waals surface area contributed by atoms with Gasteiger partial charge in [-0.25, -0.2) is 13.9 Å². The number of amides is 3. The van der Waals surface area contributed by atoms with Crippen molar-refractivity contribution in [2.24, 2.45) is 13.0 Å². The normalized spacial score (nSPS) is 18.7. The first-order chi connectivity index (χ1) is 16.9. The summed E-state index contributed by atoms with van der Waals surface area (Å²) in [6, 6.07) is 13.4. The molecule has 2 N–H and O–H groups in total. The molecule has 3 amide bonds. The Morgan fingerprint density at radius 3 is 2.69 bits per heavy atom. The van der Waals surface area contributed by atoms with Crippen LogP contribution in [0.5, 0.6) is 0 Å². The number of hydrogen-bond donors (Lipinski definition) is 2. The van der Waals surface area contributed by atoms with E-state index in [9.17, 15) is 14.0 Å². The quantitative estimate of drug-likeness (QED) is 0.568. The maximum absolute atomic E-state index is 13.4. The molecule has 5 rings (SSSR count). The molecular weight excluding hydrogens is 449 g/mol. The summed E-state index contributed by atoms with van der Waals surface area (Å²) >= 11 is 0. The molecule has 1 aromatic heterocycles. The Kier molecular flexibility index (Phi) is 6.19. The monoisotopic (exact) mass is 477 g/mol. The van der Waals surface area contributed by atoms with Crippen LogP contribution >= 0.6 is 0 Å². The number of benzene rings is 2. The second kappa shape index (κ2) is 9.44. The maximum atomic E-state index is 13.4. The lowest BCUT2D eigenvalue weighted by Crippen LogP contribution is -2.54. The number of rotatable bonds is 6. The number of halogens is 1. The van der Waals surface area contributed by atoms with E-state index in [1.54, 1.807) is 36.0 Å². The molecule has 182 valence electrons. The van der Waals surface area contributed by atoms with Crippen LogP contribution in [0.4, 0.5) is 14.9 Å². The smallest absolute Gasteiger partial charge is 0.320 e. The van der Waals surface area contributed by atoms with E-state index in [0.717, 1.165) is 30.4 Å². The minimum Gasteiger partial charge on any atom is -0.340 e. The highest BCUT2D eigenvalue weighted by Gasteiger charge is 2.53. The van der Waals surface area contributed by atoms with Crippen molar-refractivity contribution in [2.75, 3.05) is 18.4 Å². The molecule has 2 heterocycles. The number of piperidine rings is 1. The molecule has 0 radical (unpaired) electrons. The van der Waals surface area contributed by atoms with Crippen molar-refractivity contribution < 1.29 is 14.0 Å². The van der Waals surface area contributed by atoms with Crippen LogP contribution < -0.4 is 10.6 Å². The van der Waals surface area contributed by atoms with Gasteiger partial charge in [0.1, 0.15) is 11.4 Å². The van der Waals surface area contributed by atoms with E-state index in [1.165, 1.54) is 12.1 Å². The van der Waals surface area contributed by atoms with E-state index in [0.29, 0.717) is 43.4 Å². The minimum atomic E-state index is -0.840. The van der Waals surface area contributed by atoms with Crippen molar-refractivity contribution in [3.63, 3.8) is 0 Å². The fourth-order valence-corrected chi connectivity index (χ4v) is 4.78. The van der Waals surface area contributed by atoms with Crippen LogP contribution in [0.2, 0.25) is 0 Å². The number of aryl methyl sites for hydroxylation is 1. The highest BCUT2D eigenvalue weighted by Crippen LogP contribution is 2.38. The molecular formula is C25H28FN7O2. The van der Waals surface area contributed by atoms with Crippen LogP contribution in [0.25, 0.3) is 11.4 Å². The van der Waals surface area contributed by atoms with Crippen molar-refractivity contribution in [2.45, 2.75) is 37.6 Å². The summed E-state index contributed by atoms with van der Waals surface area (Å²) in [5, 5.41) is 17.2. The number of nitrogens with zero attached hydrogens (tertiary/aromatic N) is 5. The molecule has 2 aromatic carbocycles. The summed E-state index contributed by atoms with van der Waals surface area (Å²) in [7, 11) is 1.75. The molecule has 3 aromatic rings. The molecule has 2 fully saturated rings. The number of nitrogens with one attached hydrogen (secondary N) is 2. The van der Waals surface area contributed by atoms with Gasteiger partial charge in [0.2, 0.25) is 5.91 Å². The third-order valence-corrected chi connectivity index (χ3v) is 6.75. The van der Waals surface area contributed by atoms with Gasteiger partial charge in [0.25, 0.3) is 0 Å². The second-order valence-corrected chi connectivity index (χ2v) is 9.46. The Balaban J connectivity index is 1.19. The van der Waals surface area contributed by atoms with E-state index in [1.807, 2.05) is 17.0 Å². The Bertz CT molecular complexity index is 1220. The van der Waals surface area contributed by atoms with Crippen LogP contribution in [0, 0.1) is 11.7 Å². The first-order valence-corrected chi connectivity index (χ1v) is 11.9. The Labute approximate surface area is 202 Å². The third kappa shape index (κ3) is 5.16. The van der Waals surface area contributed by atoms with Crippen LogP contribution in [0.3, 0.4) is 0 Å². The van der Waals surface area contributed by atoms with E-state index < -0.39 is 11.6 Å². The van der Waals surface area contributed by atoms with Gasteiger partial charge < -0.3 is 15.5 Å². The summed E-state index contributed by atoms with van der Waals surface area (Å²) in [5.74, 6) is 0.644. The number of hydrogen-bond acceptors (Lipinski definition) is 5. The molecule has 0 spiro atoms. The SMILES string of the molecule is Cn1nnnc1-c1cccc(NC(=O)NC2(C(=O)N3CCC[C@@H](Cc4ccc(F)cc4)C3)CC2)c1. The maximum Gasteiger partial charge on any atom is 0.320 e. The fourth-order valence-electron chi connectivity index (χ4n) is 4.78. The topological polar surface area (TPSA) is 105 Å². The summed E-state index contributed by atoms with van der Waals surface area (Å²) in [5.41, 5.74) is 1.59. The van der Waals surface area contributed by atoms with Gasteiger partial charge in [0, 0.05) is 31.4 Å². The first kappa shape index (κ1) is 22.9. The standard InChI is InChI=1S/C25H28FN7O2/c1-32-22(29-30-31-32)19-5-2-6-21(15-19)27-24(35)28-25(11-12-25)23(34)33-13-3-4-18(16-33)14-17-7-9-20(26)10-8-17/h2,5-10,15,18H,3-4,11-14,16H2,1H3,(H2,27,28,35)/t18-/m0/s1. The average molecular weight is 478 g/mol. The molecule has 9 nitrogen and oxygen atoms in total. The number of carbonyl (C=O) groups excluding carboxylic acids is 2. The second-order valence-electron chi connectivity index (χ2n) is 9.46. The molecule has 0 unspecified atom stereocenters. The zero-order valence-corrected chi connectivity index (χ0v) is 19.6. The highest BCUT2D eigenvalue weighted by atomic mass is 19.1. The zero-order chi connectivity index (χ0) is 24.4. The van der Waals surface area contributed by atoms with Gasteiger partial charge in [-0.2, -0.15) is 0 Å². The van der Waals surface area contributed by atoms with Crippen LogP contribution in [-0.2, 0) is 18.3 Å². The molecule has 0 bridgehead atoms. The van der Waals surface area contributed by atoms with Crippen molar-refractivity contribution in [3.8, 4) is 11.4 Å². The van der Waals surface area contributed by atoms with Gasteiger partial charge in [0.15, 0.2) is 5.82 Å². The van der Waals surface area contributed by atoms with Crippen LogP contribution in [-0.4, -0.2) is 55.7 Å². The molecule has 10 heteroatoms. The van der Waals surface area contributed by atoms with Crippen molar-refractivity contribution in [1.82, 2.24) is 30.4 Å². The number of anilines is 1. The van der Waals surface area contributed by atoms with Crippen LogP contribution in [0.1, 0.15) is 31.2 Å². The summed E-state index contributed by atoms with van der Waals surface area (Å²) in [4.78, 5) is 28.0. The Morgan fingerprint density at radius 1 is 1.17 bits per heavy atom. The number of carbonyl (C=O) groups is 2. The van der Waals surface area contributed by atoms with Crippen molar-refractivity contribution in [3.05, 3.63) is 59.9 Å². The van der Waals surface area contributed by atoms with Gasteiger partial charge in [-0.1, -0.05) is 24.3 Å². The van der Waals surface area contributed by atoms with Crippen LogP contribution in [0.15, 0.2) is 48.5 Å². The summed E-state index contributed by atoms with van der Waals surface area (Å²) in [6.45, 7) is 1.34. The first-order valence-electron chi connectivity index (χ1n) is 11.9. The lowest BCUT2D eigenvalue weighted by molar-refractivity contribution is -0.136. The minimum absolute atomic E-state index is 0.0182. The third-order valence-electron chi connectivity index (χ3n) is 6.75. The number of urea groups is 1. The predicted molar refractivity (Wildman–Crippen MR) is 128 cm³/mol. The van der Waals surface area contributed by atoms with Crippen molar-refractivity contribution in [1.29, 1.82) is 0 Å². The highest BCUT2D eigenvalue weighted by molar-refractivity contribution is 5.98. The Morgan fingerprint density at radius 2 is 1.97 bits per heavy atom. The summed E-state index contributed by atoms with van der Waals surface area (Å²) < 4.78 is 14.8. The lowest BCUT2D eigenvalue weighted by Gasteiger charge is -2.35. The number of likely N-dealkylation sites (tertiary alicyclic amines) is 1. The van der Waals surface area contributed by atoms with E-state index in [2.05, 4.69) is 26.2 Å². The summed E-state index contributed by atoms with van der Waals surface area (Å²) in [6.07, 6.45) is 4.01. The molecule has 1 saturated heterocycles. The predicted octanol–water partition coefficient (Wildman–Crippen LogP) is 3.15. The molecule has 35 heavy (non-hydrogen) atoms. The van der Waals surface area contributed by atoms with E-state index in [4.69, 9.17) is 0 Å². The number of tetrazole rings is 1. The van der Waals surface area contributed by atoms with E-state index in [-0.39, 0.29) is 11.7 Å². The zero-order valence-electron chi connectivity index (χ0n) is 19.6. The Hall–Kier alpha value is -3.82.